The first-order valence-corrected chi connectivity index (χ1v) is 12.0. The summed E-state index contributed by atoms with van der Waals surface area (Å²) in [6, 6.07) is 2.01. The van der Waals surface area contributed by atoms with Crippen molar-refractivity contribution < 1.29 is 28.2 Å². The van der Waals surface area contributed by atoms with Crippen LogP contribution < -0.4 is 4.74 Å². The van der Waals surface area contributed by atoms with Crippen LogP contribution in [0.15, 0.2) is 12.1 Å². The number of carboxylic acids is 1. The first-order valence-electron chi connectivity index (χ1n) is 12.0. The van der Waals surface area contributed by atoms with Crippen molar-refractivity contribution in [2.75, 3.05) is 6.54 Å². The second-order valence-corrected chi connectivity index (χ2v) is 10.8. The second-order valence-electron chi connectivity index (χ2n) is 10.8. The number of nitrogens with zero attached hydrogens (tertiary/aromatic N) is 1. The first-order chi connectivity index (χ1) is 15.3. The van der Waals surface area contributed by atoms with Crippen molar-refractivity contribution in [1.82, 2.24) is 4.90 Å². The van der Waals surface area contributed by atoms with Crippen LogP contribution in [0.2, 0.25) is 0 Å². The smallest absolute Gasteiger partial charge is 0.326 e. The highest BCUT2D eigenvalue weighted by atomic mass is 19.1. The quantitative estimate of drug-likeness (QED) is 0.714. The number of rotatable bonds is 5. The third kappa shape index (κ3) is 3.30. The Kier molecular flexibility index (Phi) is 4.57. The van der Waals surface area contributed by atoms with Gasteiger partial charge >= 0.3 is 5.97 Å². The highest BCUT2D eigenvalue weighted by Gasteiger charge is 2.57. The van der Waals surface area contributed by atoms with Crippen molar-refractivity contribution in [2.45, 2.75) is 81.5 Å². The van der Waals surface area contributed by atoms with E-state index < -0.39 is 29.4 Å². The predicted octanol–water partition coefficient (Wildman–Crippen LogP) is 4.69. The lowest BCUT2D eigenvalue weighted by molar-refractivity contribution is -0.141. The lowest BCUT2D eigenvalue weighted by Crippen LogP contribution is -2.56. The molecule has 1 aromatic rings. The van der Waals surface area contributed by atoms with E-state index in [-0.39, 0.29) is 29.4 Å². The third-order valence-corrected chi connectivity index (χ3v) is 8.52. The summed E-state index contributed by atoms with van der Waals surface area (Å²) in [7, 11) is 0. The molecule has 1 heterocycles. The Morgan fingerprint density at radius 2 is 1.81 bits per heavy atom. The highest BCUT2D eigenvalue weighted by molar-refractivity contribution is 5.97. The van der Waals surface area contributed by atoms with Crippen molar-refractivity contribution in [1.29, 1.82) is 0 Å². The number of carboxylic acid groups (broad SMARTS) is 1. The largest absolute Gasteiger partial charge is 0.489 e. The van der Waals surface area contributed by atoms with Crippen LogP contribution in [-0.4, -0.2) is 46.2 Å². The van der Waals surface area contributed by atoms with E-state index in [4.69, 9.17) is 4.74 Å². The van der Waals surface area contributed by atoms with Gasteiger partial charge in [0.25, 0.3) is 5.91 Å². The molecule has 5 nitrogen and oxygen atoms in total. The highest BCUT2D eigenvalue weighted by Crippen LogP contribution is 2.58. The number of likely N-dealkylation sites (tertiary alicyclic amines) is 1. The lowest BCUT2D eigenvalue weighted by atomic mass is 9.53. The summed E-state index contributed by atoms with van der Waals surface area (Å²) in [5, 5.41) is 9.41. The fourth-order valence-corrected chi connectivity index (χ4v) is 7.19. The van der Waals surface area contributed by atoms with Crippen LogP contribution in [0.25, 0.3) is 0 Å². The molecule has 0 aromatic heterocycles. The minimum absolute atomic E-state index is 0.0693. The van der Waals surface area contributed by atoms with E-state index in [9.17, 15) is 14.7 Å². The van der Waals surface area contributed by atoms with E-state index in [0.717, 1.165) is 31.2 Å². The summed E-state index contributed by atoms with van der Waals surface area (Å²) in [6.07, 6.45) is 6.54. The van der Waals surface area contributed by atoms with Crippen molar-refractivity contribution in [3.05, 3.63) is 29.1 Å². The van der Waals surface area contributed by atoms with E-state index in [1.54, 1.807) is 6.07 Å². The molecular formula is C25H29F2NO4. The standard InChI is InChI=1S/C25H29F2NO4/c26-19-9-21(32-22-15-6-13-7-16(22)12-25(27,10-13)11-15)17(14-3-4-14)8-18(19)23(29)28-5-1-2-20(28)24(30)31/h8-9,13-16,20,22H,1-7,10-12H2,(H,30,31)/t13-,15+,16-,20-,22-,25+/m0/s1. The second kappa shape index (κ2) is 7.16. The molecule has 1 aliphatic heterocycles. The minimum atomic E-state index is -1.05. The molecule has 0 unspecified atom stereocenters. The molecule has 32 heavy (non-hydrogen) atoms. The number of hydrogen-bond acceptors (Lipinski definition) is 3. The molecule has 6 atom stereocenters. The van der Waals surface area contributed by atoms with Gasteiger partial charge in [-0.1, -0.05) is 0 Å². The van der Waals surface area contributed by atoms with Crippen LogP contribution >= 0.6 is 0 Å². The molecule has 1 aromatic carbocycles. The number of halogens is 2. The van der Waals surface area contributed by atoms with Crippen molar-refractivity contribution in [3.63, 3.8) is 0 Å². The van der Waals surface area contributed by atoms with Crippen molar-refractivity contribution in [3.8, 4) is 5.75 Å². The summed E-state index contributed by atoms with van der Waals surface area (Å²) >= 11 is 0. The van der Waals surface area contributed by atoms with Gasteiger partial charge in [0.1, 0.15) is 29.4 Å². The van der Waals surface area contributed by atoms with Crippen LogP contribution in [0.4, 0.5) is 8.78 Å². The predicted molar refractivity (Wildman–Crippen MR) is 112 cm³/mol. The number of carbonyl (C=O) groups excluding carboxylic acids is 1. The number of hydrogen-bond donors (Lipinski definition) is 1. The van der Waals surface area contributed by atoms with Crippen molar-refractivity contribution >= 4 is 11.9 Å². The Morgan fingerprint density at radius 1 is 1.09 bits per heavy atom. The molecule has 5 saturated carbocycles. The maximum absolute atomic E-state index is 15.2. The topological polar surface area (TPSA) is 66.8 Å². The first kappa shape index (κ1) is 20.4. The van der Waals surface area contributed by atoms with E-state index in [1.165, 1.54) is 11.0 Å². The summed E-state index contributed by atoms with van der Waals surface area (Å²) in [6.45, 7) is 0.323. The average molecular weight is 446 g/mol. The number of ether oxygens (including phenoxy) is 1. The number of amides is 1. The minimum Gasteiger partial charge on any atom is -0.489 e. The molecule has 7 heteroatoms. The molecule has 4 bridgehead atoms. The summed E-state index contributed by atoms with van der Waals surface area (Å²) in [4.78, 5) is 25.8. The maximum Gasteiger partial charge on any atom is 0.326 e. The van der Waals surface area contributed by atoms with Gasteiger partial charge in [-0.2, -0.15) is 0 Å². The zero-order valence-electron chi connectivity index (χ0n) is 18.1. The van der Waals surface area contributed by atoms with Gasteiger partial charge in [-0.05, 0) is 93.1 Å². The third-order valence-electron chi connectivity index (χ3n) is 8.52. The van der Waals surface area contributed by atoms with Gasteiger partial charge < -0.3 is 14.7 Å². The van der Waals surface area contributed by atoms with Crippen LogP contribution in [0, 0.1) is 23.6 Å². The number of alkyl halides is 1. The maximum atomic E-state index is 15.2. The molecule has 1 N–H and O–H groups in total. The number of benzene rings is 1. The van der Waals surface area contributed by atoms with E-state index >= 15 is 8.78 Å². The Bertz CT molecular complexity index is 961. The Labute approximate surface area is 186 Å². The van der Waals surface area contributed by atoms with Crippen LogP contribution in [0.5, 0.6) is 5.75 Å². The molecule has 1 saturated heterocycles. The zero-order valence-corrected chi connectivity index (χ0v) is 18.1. The van der Waals surface area contributed by atoms with Gasteiger partial charge in [-0.25, -0.2) is 13.6 Å². The van der Waals surface area contributed by atoms with Crippen LogP contribution in [0.1, 0.15) is 79.6 Å². The van der Waals surface area contributed by atoms with E-state index in [0.29, 0.717) is 50.3 Å². The molecule has 5 aliphatic carbocycles. The van der Waals surface area contributed by atoms with E-state index in [1.807, 2.05) is 0 Å². The monoisotopic (exact) mass is 445 g/mol. The molecule has 1 amide bonds. The molecular weight excluding hydrogens is 416 g/mol. The van der Waals surface area contributed by atoms with Gasteiger partial charge in [0.2, 0.25) is 0 Å². The SMILES string of the molecule is O=C(O)[C@@H]1CCCN1C(=O)c1cc(C2CC2)c(O[C@H]2[C@@H]3C[C@H]4C[C@H]2C[C@@](F)(C4)C3)cc1F. The summed E-state index contributed by atoms with van der Waals surface area (Å²) < 4.78 is 36.7. The average Bonchev–Trinajstić information content (AvgIpc) is 3.43. The Hall–Kier alpha value is -2.18. The molecule has 6 fully saturated rings. The molecule has 7 rings (SSSR count). The molecule has 0 spiro atoms. The van der Waals surface area contributed by atoms with Gasteiger partial charge in [0.05, 0.1) is 5.56 Å². The van der Waals surface area contributed by atoms with Crippen LogP contribution in [-0.2, 0) is 4.79 Å². The summed E-state index contributed by atoms with van der Waals surface area (Å²) in [5.41, 5.74) is -0.280. The van der Waals surface area contributed by atoms with Gasteiger partial charge in [0, 0.05) is 12.6 Å². The lowest BCUT2D eigenvalue weighted by Gasteiger charge is -2.56. The van der Waals surface area contributed by atoms with Gasteiger partial charge in [-0.3, -0.25) is 4.79 Å². The van der Waals surface area contributed by atoms with Gasteiger partial charge in [-0.15, -0.1) is 0 Å². The number of carbonyl (C=O) groups is 2. The molecule has 6 aliphatic rings. The molecule has 0 radical (unpaired) electrons. The van der Waals surface area contributed by atoms with Crippen molar-refractivity contribution in [2.24, 2.45) is 17.8 Å². The normalized spacial score (nSPS) is 37.7. The zero-order chi connectivity index (χ0) is 22.2. The number of aliphatic carboxylic acids is 1. The Morgan fingerprint density at radius 3 is 2.44 bits per heavy atom. The molecule has 172 valence electrons. The summed E-state index contributed by atoms with van der Waals surface area (Å²) in [5.74, 6) is -0.775. The fourth-order valence-electron chi connectivity index (χ4n) is 7.19. The van der Waals surface area contributed by atoms with E-state index in [2.05, 4.69) is 0 Å². The van der Waals surface area contributed by atoms with Gasteiger partial charge in [0.15, 0.2) is 0 Å². The Balaban J connectivity index is 1.29. The van der Waals surface area contributed by atoms with Crippen LogP contribution in [0.3, 0.4) is 0 Å². The fraction of sp³-hybridized carbons (Fsp3) is 0.680.